The molecule has 4 aromatic rings. The van der Waals surface area contributed by atoms with Crippen molar-refractivity contribution in [1.29, 1.82) is 0 Å². The summed E-state index contributed by atoms with van der Waals surface area (Å²) in [4.78, 5) is 17.0. The van der Waals surface area contributed by atoms with Gasteiger partial charge in [-0.05, 0) is 36.4 Å². The molecule has 0 aliphatic rings. The average molecular weight is 312 g/mol. The number of hydrogen-bond donors (Lipinski definition) is 1. The van der Waals surface area contributed by atoms with E-state index >= 15 is 0 Å². The van der Waals surface area contributed by atoms with Gasteiger partial charge in [-0.2, -0.15) is 4.68 Å². The normalized spacial score (nSPS) is 11.3. The molecule has 22 heavy (non-hydrogen) atoms. The highest BCUT2D eigenvalue weighted by atomic mass is 35.5. The molecule has 0 fully saturated rings. The lowest BCUT2D eigenvalue weighted by atomic mass is 10.3. The number of fused-ring (bicyclic) bond motifs is 3. The van der Waals surface area contributed by atoms with Crippen molar-refractivity contribution in [2.75, 3.05) is 5.73 Å². The Morgan fingerprint density at radius 3 is 2.55 bits per heavy atom. The third kappa shape index (κ3) is 1.78. The van der Waals surface area contributed by atoms with Gasteiger partial charge in [0.15, 0.2) is 5.82 Å². The van der Waals surface area contributed by atoms with Gasteiger partial charge in [-0.25, -0.2) is 14.2 Å². The summed E-state index contributed by atoms with van der Waals surface area (Å²) in [5, 5.41) is 4.89. The molecule has 0 aliphatic heterocycles. The van der Waals surface area contributed by atoms with E-state index in [4.69, 9.17) is 17.3 Å². The summed E-state index contributed by atoms with van der Waals surface area (Å²) in [6.07, 6.45) is 0. The van der Waals surface area contributed by atoms with Crippen LogP contribution in [0.15, 0.2) is 53.3 Å². The Bertz CT molecular complexity index is 1070. The van der Waals surface area contributed by atoms with Gasteiger partial charge in [-0.3, -0.25) is 0 Å². The van der Waals surface area contributed by atoms with Crippen LogP contribution in [0.2, 0.25) is 5.02 Å². The maximum Gasteiger partial charge on any atom is 0.355 e. The Morgan fingerprint density at radius 2 is 1.77 bits per heavy atom. The van der Waals surface area contributed by atoms with Crippen LogP contribution in [0.4, 0.5) is 5.82 Å². The Balaban J connectivity index is 2.13. The minimum absolute atomic E-state index is 0.212. The highest BCUT2D eigenvalue weighted by Gasteiger charge is 2.15. The van der Waals surface area contributed by atoms with Crippen LogP contribution in [0.5, 0.6) is 0 Å². The minimum Gasteiger partial charge on any atom is -0.381 e. The van der Waals surface area contributed by atoms with Crippen molar-refractivity contribution in [3.63, 3.8) is 0 Å². The first kappa shape index (κ1) is 12.8. The molecule has 4 rings (SSSR count). The maximum absolute atomic E-state index is 12.7. The van der Waals surface area contributed by atoms with Crippen LogP contribution in [0, 0.1) is 0 Å². The third-order valence-corrected chi connectivity index (χ3v) is 3.69. The van der Waals surface area contributed by atoms with Crippen molar-refractivity contribution < 1.29 is 0 Å². The Hall–Kier alpha value is -2.86. The molecule has 7 heteroatoms. The van der Waals surface area contributed by atoms with Crippen LogP contribution in [0.1, 0.15) is 0 Å². The molecule has 0 atom stereocenters. The molecule has 0 radical (unpaired) electrons. The second-order valence-corrected chi connectivity index (χ2v) is 5.25. The lowest BCUT2D eigenvalue weighted by molar-refractivity contribution is 0.842. The quantitative estimate of drug-likeness (QED) is 0.585. The highest BCUT2D eigenvalue weighted by molar-refractivity contribution is 6.30. The summed E-state index contributed by atoms with van der Waals surface area (Å²) in [6, 6.07) is 14.1. The van der Waals surface area contributed by atoms with Gasteiger partial charge in [-0.1, -0.05) is 23.7 Å². The molecular formula is C15H10ClN5O. The summed E-state index contributed by atoms with van der Waals surface area (Å²) in [5.41, 5.74) is 7.89. The molecule has 0 saturated heterocycles. The molecule has 0 bridgehead atoms. The monoisotopic (exact) mass is 311 g/mol. The van der Waals surface area contributed by atoms with Gasteiger partial charge in [0.1, 0.15) is 0 Å². The number of rotatable bonds is 1. The number of halogens is 1. The zero-order valence-corrected chi connectivity index (χ0v) is 12.0. The van der Waals surface area contributed by atoms with Crippen LogP contribution in [-0.2, 0) is 0 Å². The van der Waals surface area contributed by atoms with Gasteiger partial charge in [0, 0.05) is 5.02 Å². The number of nitrogens with zero attached hydrogens (tertiary/aromatic N) is 4. The maximum atomic E-state index is 12.7. The molecule has 2 aromatic heterocycles. The molecule has 0 amide bonds. The van der Waals surface area contributed by atoms with E-state index in [0.29, 0.717) is 27.4 Å². The third-order valence-electron chi connectivity index (χ3n) is 3.44. The lowest BCUT2D eigenvalue weighted by Gasteiger charge is -2.01. The molecule has 2 N–H and O–H groups in total. The summed E-state index contributed by atoms with van der Waals surface area (Å²) < 4.78 is 2.75. The fraction of sp³-hybridized carbons (Fsp3) is 0. The molecule has 6 nitrogen and oxygen atoms in total. The number of benzene rings is 2. The molecule has 108 valence electrons. The second-order valence-electron chi connectivity index (χ2n) is 4.82. The van der Waals surface area contributed by atoms with Crippen molar-refractivity contribution in [2.24, 2.45) is 0 Å². The summed E-state index contributed by atoms with van der Waals surface area (Å²) in [6.45, 7) is 0. The number of nitrogen functional groups attached to an aromatic ring is 1. The minimum atomic E-state index is -0.303. The van der Waals surface area contributed by atoms with Crippen LogP contribution >= 0.6 is 11.6 Å². The van der Waals surface area contributed by atoms with E-state index in [2.05, 4.69) is 10.1 Å². The van der Waals surface area contributed by atoms with Crippen molar-refractivity contribution >= 4 is 34.1 Å². The Labute approximate surface area is 129 Å². The number of anilines is 1. The van der Waals surface area contributed by atoms with Gasteiger partial charge >= 0.3 is 5.69 Å². The molecule has 0 spiro atoms. The van der Waals surface area contributed by atoms with Crippen molar-refractivity contribution in [2.45, 2.75) is 0 Å². The first-order valence-electron chi connectivity index (χ1n) is 6.57. The van der Waals surface area contributed by atoms with Crippen LogP contribution in [-0.4, -0.2) is 19.2 Å². The van der Waals surface area contributed by atoms with Crippen molar-refractivity contribution in [1.82, 2.24) is 19.2 Å². The Kier molecular flexibility index (Phi) is 2.67. The Morgan fingerprint density at radius 1 is 1.05 bits per heavy atom. The largest absolute Gasteiger partial charge is 0.381 e. The predicted molar refractivity (Wildman–Crippen MR) is 85.5 cm³/mol. The first-order valence-corrected chi connectivity index (χ1v) is 6.95. The number of para-hydroxylation sites is 2. The average Bonchev–Trinajstić information content (AvgIpc) is 2.87. The smallest absolute Gasteiger partial charge is 0.355 e. The molecule has 2 heterocycles. The summed E-state index contributed by atoms with van der Waals surface area (Å²) in [5.74, 6) is 0.212. The molecule has 0 unspecified atom stereocenters. The highest BCUT2D eigenvalue weighted by Crippen LogP contribution is 2.18. The zero-order valence-electron chi connectivity index (χ0n) is 11.3. The van der Waals surface area contributed by atoms with Crippen LogP contribution in [0.25, 0.3) is 22.4 Å². The number of hydrogen-bond acceptors (Lipinski definition) is 4. The van der Waals surface area contributed by atoms with Crippen molar-refractivity contribution in [3.05, 3.63) is 64.0 Å². The molecule has 0 saturated carbocycles. The van der Waals surface area contributed by atoms with E-state index in [0.717, 1.165) is 0 Å². The van der Waals surface area contributed by atoms with E-state index in [-0.39, 0.29) is 11.5 Å². The summed E-state index contributed by atoms with van der Waals surface area (Å²) >= 11 is 5.88. The van der Waals surface area contributed by atoms with E-state index < -0.39 is 0 Å². The second kappa shape index (κ2) is 4.57. The van der Waals surface area contributed by atoms with Gasteiger partial charge in [-0.15, -0.1) is 5.10 Å². The number of aromatic nitrogens is 4. The molecule has 0 aliphatic carbocycles. The van der Waals surface area contributed by atoms with Crippen molar-refractivity contribution in [3.8, 4) is 5.69 Å². The van der Waals surface area contributed by atoms with Crippen LogP contribution < -0.4 is 11.4 Å². The van der Waals surface area contributed by atoms with E-state index in [1.54, 1.807) is 30.3 Å². The predicted octanol–water partition coefficient (Wildman–Crippen LogP) is 2.27. The van der Waals surface area contributed by atoms with E-state index in [1.165, 1.54) is 9.08 Å². The SMILES string of the molecule is Nc1nc2ccccc2n2c(=O)n(-c3ccc(Cl)cc3)nc12. The molecular weight excluding hydrogens is 302 g/mol. The summed E-state index contributed by atoms with van der Waals surface area (Å²) in [7, 11) is 0. The molecule has 2 aromatic carbocycles. The van der Waals surface area contributed by atoms with Crippen LogP contribution in [0.3, 0.4) is 0 Å². The standard InChI is InChI=1S/C15H10ClN5O/c16-9-5-7-10(8-6-9)21-15(22)20-12-4-2-1-3-11(12)18-13(17)14(20)19-21/h1-8H,(H2,17,18). The number of nitrogens with two attached hydrogens (primary N) is 1. The first-order chi connectivity index (χ1) is 10.6. The topological polar surface area (TPSA) is 78.2 Å². The fourth-order valence-electron chi connectivity index (χ4n) is 2.43. The van der Waals surface area contributed by atoms with Gasteiger partial charge in [0.25, 0.3) is 0 Å². The fourth-order valence-corrected chi connectivity index (χ4v) is 2.55. The van der Waals surface area contributed by atoms with Gasteiger partial charge in [0.05, 0.1) is 16.7 Å². The van der Waals surface area contributed by atoms with E-state index in [1.807, 2.05) is 18.2 Å². The van der Waals surface area contributed by atoms with Gasteiger partial charge < -0.3 is 5.73 Å². The lowest BCUT2D eigenvalue weighted by Crippen LogP contribution is -2.20. The van der Waals surface area contributed by atoms with Gasteiger partial charge in [0.2, 0.25) is 5.65 Å². The van der Waals surface area contributed by atoms with E-state index in [9.17, 15) is 4.79 Å². The zero-order chi connectivity index (χ0) is 15.3.